The molecule has 2 unspecified atom stereocenters. The second kappa shape index (κ2) is 7.01. The van der Waals surface area contributed by atoms with Crippen LogP contribution in [-0.4, -0.2) is 26.2 Å². The first-order valence-corrected chi connectivity index (χ1v) is 6.14. The molecule has 2 atom stereocenters. The van der Waals surface area contributed by atoms with Crippen molar-refractivity contribution in [2.45, 2.75) is 32.4 Å². The molecular formula is C14H21NO3. The molecule has 0 radical (unpaired) electrons. The van der Waals surface area contributed by atoms with Gasteiger partial charge in [0, 0.05) is 6.04 Å². The maximum atomic E-state index is 11.2. The van der Waals surface area contributed by atoms with Gasteiger partial charge in [0.15, 0.2) is 6.10 Å². The summed E-state index contributed by atoms with van der Waals surface area (Å²) in [5, 5.41) is 3.24. The molecule has 18 heavy (non-hydrogen) atoms. The number of hydrogen-bond acceptors (Lipinski definition) is 4. The fraction of sp³-hybridized carbons (Fsp3) is 0.500. The molecule has 0 aliphatic carbocycles. The normalized spacial score (nSPS) is 13.8. The summed E-state index contributed by atoms with van der Waals surface area (Å²) in [4.78, 5) is 11.2. The van der Waals surface area contributed by atoms with Gasteiger partial charge in [0.25, 0.3) is 0 Å². The van der Waals surface area contributed by atoms with E-state index in [1.165, 1.54) is 12.7 Å². The minimum Gasteiger partial charge on any atom is -0.479 e. The maximum absolute atomic E-state index is 11.2. The van der Waals surface area contributed by atoms with E-state index in [9.17, 15) is 4.79 Å². The number of ether oxygens (including phenoxy) is 2. The lowest BCUT2D eigenvalue weighted by Crippen LogP contribution is -2.24. The highest BCUT2D eigenvalue weighted by molar-refractivity contribution is 5.74. The molecule has 0 aliphatic heterocycles. The number of nitrogens with one attached hydrogen (secondary N) is 1. The summed E-state index contributed by atoms with van der Waals surface area (Å²) in [6.07, 6.45) is 0.432. The van der Waals surface area contributed by atoms with Crippen molar-refractivity contribution in [3.05, 3.63) is 29.8 Å². The Hall–Kier alpha value is -1.55. The molecule has 1 N–H and O–H groups in total. The van der Waals surface area contributed by atoms with Crippen LogP contribution in [0.15, 0.2) is 24.3 Å². The fourth-order valence-corrected chi connectivity index (χ4v) is 1.80. The third-order valence-electron chi connectivity index (χ3n) is 2.89. The quantitative estimate of drug-likeness (QED) is 0.788. The highest BCUT2D eigenvalue weighted by Crippen LogP contribution is 2.20. The fourth-order valence-electron chi connectivity index (χ4n) is 1.80. The largest absolute Gasteiger partial charge is 0.479 e. The Morgan fingerprint density at radius 3 is 2.39 bits per heavy atom. The van der Waals surface area contributed by atoms with Gasteiger partial charge in [-0.25, -0.2) is 4.79 Å². The van der Waals surface area contributed by atoms with Gasteiger partial charge < -0.3 is 14.8 Å². The molecule has 100 valence electrons. The summed E-state index contributed by atoms with van der Waals surface area (Å²) in [6.45, 7) is 3.80. The van der Waals surface area contributed by atoms with Crippen LogP contribution in [0.4, 0.5) is 0 Å². The predicted octanol–water partition coefficient (Wildman–Crippen LogP) is 2.30. The molecule has 0 amide bonds. The average Bonchev–Trinajstić information content (AvgIpc) is 2.41. The highest BCUT2D eigenvalue weighted by Gasteiger charge is 2.14. The highest BCUT2D eigenvalue weighted by atomic mass is 16.6. The van der Waals surface area contributed by atoms with Crippen molar-refractivity contribution in [2.75, 3.05) is 14.2 Å². The molecule has 1 rings (SSSR count). The number of esters is 1. The van der Waals surface area contributed by atoms with Crippen LogP contribution in [0.1, 0.15) is 31.9 Å². The lowest BCUT2D eigenvalue weighted by molar-refractivity contribution is -0.147. The molecule has 0 spiro atoms. The SMILES string of the molecule is CCC(NC)c1ccc(OC(C)C(=O)OC)cc1. The number of carbonyl (C=O) groups excluding carboxylic acids is 1. The summed E-state index contributed by atoms with van der Waals surface area (Å²) in [6, 6.07) is 8.09. The molecule has 0 heterocycles. The molecule has 0 fully saturated rings. The van der Waals surface area contributed by atoms with Crippen LogP contribution in [0.2, 0.25) is 0 Å². The summed E-state index contributed by atoms with van der Waals surface area (Å²) in [7, 11) is 3.29. The van der Waals surface area contributed by atoms with E-state index in [1.807, 2.05) is 31.3 Å². The second-order valence-corrected chi connectivity index (χ2v) is 4.10. The molecule has 4 nitrogen and oxygen atoms in total. The molecule has 0 aromatic heterocycles. The molecule has 0 saturated heterocycles. The van der Waals surface area contributed by atoms with E-state index >= 15 is 0 Å². The Labute approximate surface area is 108 Å². The summed E-state index contributed by atoms with van der Waals surface area (Å²) in [5.41, 5.74) is 1.21. The van der Waals surface area contributed by atoms with Crippen LogP contribution in [0, 0.1) is 0 Å². The number of carbonyl (C=O) groups is 1. The van der Waals surface area contributed by atoms with Gasteiger partial charge in [-0.3, -0.25) is 0 Å². The van der Waals surface area contributed by atoms with Crippen molar-refractivity contribution >= 4 is 5.97 Å². The zero-order valence-electron chi connectivity index (χ0n) is 11.4. The third kappa shape index (κ3) is 3.74. The van der Waals surface area contributed by atoms with E-state index in [4.69, 9.17) is 4.74 Å². The number of hydrogen-bond donors (Lipinski definition) is 1. The van der Waals surface area contributed by atoms with Gasteiger partial charge in [-0.05, 0) is 38.1 Å². The summed E-state index contributed by atoms with van der Waals surface area (Å²) < 4.78 is 10.1. The Bertz CT molecular complexity index is 371. The predicted molar refractivity (Wildman–Crippen MR) is 70.6 cm³/mol. The molecule has 1 aromatic carbocycles. The van der Waals surface area contributed by atoms with Gasteiger partial charge >= 0.3 is 5.97 Å². The Morgan fingerprint density at radius 1 is 1.33 bits per heavy atom. The van der Waals surface area contributed by atoms with Crippen LogP contribution < -0.4 is 10.1 Å². The third-order valence-corrected chi connectivity index (χ3v) is 2.89. The Kier molecular flexibility index (Phi) is 5.65. The first kappa shape index (κ1) is 14.5. The molecular weight excluding hydrogens is 230 g/mol. The van der Waals surface area contributed by atoms with Crippen molar-refractivity contribution in [1.82, 2.24) is 5.32 Å². The topological polar surface area (TPSA) is 47.6 Å². The van der Waals surface area contributed by atoms with E-state index in [1.54, 1.807) is 6.92 Å². The summed E-state index contributed by atoms with van der Waals surface area (Å²) >= 11 is 0. The number of benzene rings is 1. The van der Waals surface area contributed by atoms with Gasteiger partial charge in [-0.2, -0.15) is 0 Å². The van der Waals surface area contributed by atoms with E-state index in [0.717, 1.165) is 6.42 Å². The standard InChI is InChI=1S/C14H21NO3/c1-5-13(15-3)11-6-8-12(9-7-11)18-10(2)14(16)17-4/h6-10,13,15H,5H2,1-4H3. The van der Waals surface area contributed by atoms with Crippen LogP contribution in [0.5, 0.6) is 5.75 Å². The molecule has 0 aliphatic rings. The lowest BCUT2D eigenvalue weighted by atomic mass is 10.0. The van der Waals surface area contributed by atoms with Gasteiger partial charge in [0.05, 0.1) is 7.11 Å². The lowest BCUT2D eigenvalue weighted by Gasteiger charge is -2.16. The van der Waals surface area contributed by atoms with Crippen LogP contribution >= 0.6 is 0 Å². The van der Waals surface area contributed by atoms with Gasteiger partial charge in [-0.1, -0.05) is 19.1 Å². The monoisotopic (exact) mass is 251 g/mol. The first-order valence-electron chi connectivity index (χ1n) is 6.14. The summed E-state index contributed by atoms with van der Waals surface area (Å²) in [5.74, 6) is 0.295. The van der Waals surface area contributed by atoms with E-state index in [2.05, 4.69) is 17.0 Å². The van der Waals surface area contributed by atoms with Crippen molar-refractivity contribution < 1.29 is 14.3 Å². The Balaban J connectivity index is 2.68. The second-order valence-electron chi connectivity index (χ2n) is 4.10. The van der Waals surface area contributed by atoms with Crippen LogP contribution in [0.25, 0.3) is 0 Å². The molecule has 4 heteroatoms. The number of methoxy groups -OCH3 is 1. The minimum atomic E-state index is -0.591. The van der Waals surface area contributed by atoms with E-state index in [-0.39, 0.29) is 5.97 Å². The van der Waals surface area contributed by atoms with Crippen molar-refractivity contribution in [1.29, 1.82) is 0 Å². The zero-order chi connectivity index (χ0) is 13.5. The maximum Gasteiger partial charge on any atom is 0.346 e. The van der Waals surface area contributed by atoms with Crippen LogP contribution in [-0.2, 0) is 9.53 Å². The smallest absolute Gasteiger partial charge is 0.346 e. The number of rotatable bonds is 6. The average molecular weight is 251 g/mol. The van der Waals surface area contributed by atoms with E-state index < -0.39 is 6.10 Å². The van der Waals surface area contributed by atoms with Gasteiger partial charge in [0.1, 0.15) is 5.75 Å². The minimum absolute atomic E-state index is 0.345. The van der Waals surface area contributed by atoms with Crippen molar-refractivity contribution in [3.8, 4) is 5.75 Å². The van der Waals surface area contributed by atoms with Gasteiger partial charge in [-0.15, -0.1) is 0 Å². The van der Waals surface area contributed by atoms with Crippen molar-refractivity contribution in [2.24, 2.45) is 0 Å². The zero-order valence-corrected chi connectivity index (χ0v) is 11.4. The van der Waals surface area contributed by atoms with Gasteiger partial charge in [0.2, 0.25) is 0 Å². The molecule has 0 bridgehead atoms. The van der Waals surface area contributed by atoms with Crippen molar-refractivity contribution in [3.63, 3.8) is 0 Å². The molecule has 0 saturated carbocycles. The molecule has 1 aromatic rings. The first-order chi connectivity index (χ1) is 8.62. The van der Waals surface area contributed by atoms with Crippen LogP contribution in [0.3, 0.4) is 0 Å². The van der Waals surface area contributed by atoms with E-state index in [0.29, 0.717) is 11.8 Å². The Morgan fingerprint density at radius 2 is 1.94 bits per heavy atom.